The Labute approximate surface area is 181 Å². The molecule has 2 aromatic carbocycles. The largest absolute Gasteiger partial charge is 0.495 e. The fourth-order valence-electron chi connectivity index (χ4n) is 2.66. The Morgan fingerprint density at radius 3 is 2.34 bits per heavy atom. The summed E-state index contributed by atoms with van der Waals surface area (Å²) in [5.41, 5.74) is 0.811. The molecular formula is C19H23Cl2N3O4S. The van der Waals surface area contributed by atoms with Crippen LogP contribution in [0.3, 0.4) is 0 Å². The van der Waals surface area contributed by atoms with Crippen molar-refractivity contribution >= 4 is 50.5 Å². The average Bonchev–Trinajstić information content (AvgIpc) is 2.68. The van der Waals surface area contributed by atoms with Crippen molar-refractivity contribution in [2.24, 2.45) is 0 Å². The molecule has 0 radical (unpaired) electrons. The number of halogens is 2. The normalized spacial score (nSPS) is 11.4. The molecule has 0 aliphatic rings. The van der Waals surface area contributed by atoms with E-state index >= 15 is 0 Å². The Balaban J connectivity index is 2.19. The second kappa shape index (κ2) is 10.2. The number of rotatable bonds is 9. The highest BCUT2D eigenvalue weighted by atomic mass is 35.5. The highest BCUT2D eigenvalue weighted by Crippen LogP contribution is 2.29. The molecule has 7 nitrogen and oxygen atoms in total. The van der Waals surface area contributed by atoms with Crippen LogP contribution < -0.4 is 15.4 Å². The van der Waals surface area contributed by atoms with E-state index in [1.165, 1.54) is 29.6 Å². The number of amides is 1. The third-order valence-electron chi connectivity index (χ3n) is 4.16. The number of sulfonamides is 1. The maximum atomic E-state index is 12.7. The number of nitrogens with one attached hydrogen (secondary N) is 2. The molecule has 0 unspecified atom stereocenters. The van der Waals surface area contributed by atoms with Gasteiger partial charge in [0.1, 0.15) is 5.75 Å². The van der Waals surface area contributed by atoms with Gasteiger partial charge in [-0.15, -0.1) is 0 Å². The van der Waals surface area contributed by atoms with Crippen LogP contribution in [0.2, 0.25) is 10.0 Å². The fraction of sp³-hybridized carbons (Fsp3) is 0.316. The summed E-state index contributed by atoms with van der Waals surface area (Å²) in [4.78, 5) is 12.5. The van der Waals surface area contributed by atoms with Crippen molar-refractivity contribution in [3.05, 3.63) is 46.4 Å². The van der Waals surface area contributed by atoms with Crippen LogP contribution >= 0.6 is 23.2 Å². The average molecular weight is 460 g/mol. The first kappa shape index (κ1) is 23.3. The molecule has 0 heterocycles. The number of anilines is 2. The Bertz CT molecular complexity index is 979. The molecule has 0 aliphatic carbocycles. The van der Waals surface area contributed by atoms with Crippen molar-refractivity contribution < 1.29 is 17.9 Å². The molecule has 29 heavy (non-hydrogen) atoms. The minimum absolute atomic E-state index is 0.0750. The van der Waals surface area contributed by atoms with Gasteiger partial charge in [0.05, 0.1) is 34.9 Å². The van der Waals surface area contributed by atoms with E-state index < -0.39 is 15.9 Å². The van der Waals surface area contributed by atoms with Gasteiger partial charge < -0.3 is 15.4 Å². The number of benzene rings is 2. The zero-order chi connectivity index (χ0) is 21.6. The Morgan fingerprint density at radius 1 is 1.07 bits per heavy atom. The first-order chi connectivity index (χ1) is 13.7. The van der Waals surface area contributed by atoms with Crippen molar-refractivity contribution in [1.29, 1.82) is 0 Å². The summed E-state index contributed by atoms with van der Waals surface area (Å²) in [5.74, 6) is -0.0481. The molecule has 10 heteroatoms. The van der Waals surface area contributed by atoms with Gasteiger partial charge in [-0.3, -0.25) is 4.79 Å². The molecule has 1 amide bonds. The zero-order valence-electron chi connectivity index (χ0n) is 16.3. The number of carbonyl (C=O) groups is 1. The monoisotopic (exact) mass is 459 g/mol. The summed E-state index contributed by atoms with van der Waals surface area (Å²) < 4.78 is 32.1. The molecule has 0 spiro atoms. The number of hydrogen-bond donors (Lipinski definition) is 2. The van der Waals surface area contributed by atoms with Crippen LogP contribution in [0.5, 0.6) is 5.75 Å². The van der Waals surface area contributed by atoms with Crippen LogP contribution in [0, 0.1) is 0 Å². The first-order valence-electron chi connectivity index (χ1n) is 8.89. The molecule has 2 N–H and O–H groups in total. The Hall–Kier alpha value is -2.00. The van der Waals surface area contributed by atoms with Gasteiger partial charge >= 0.3 is 0 Å². The van der Waals surface area contributed by atoms with Crippen molar-refractivity contribution in [1.82, 2.24) is 4.31 Å². The molecule has 0 bridgehead atoms. The highest BCUT2D eigenvalue weighted by Gasteiger charge is 2.23. The van der Waals surface area contributed by atoms with Crippen LogP contribution in [-0.4, -0.2) is 45.4 Å². The quantitative estimate of drug-likeness (QED) is 0.589. The molecule has 0 aliphatic heterocycles. The second-order valence-electron chi connectivity index (χ2n) is 5.98. The Morgan fingerprint density at radius 2 is 1.76 bits per heavy atom. The van der Waals surface area contributed by atoms with E-state index in [9.17, 15) is 13.2 Å². The Kier molecular flexibility index (Phi) is 8.15. The molecule has 158 valence electrons. The SMILES string of the molecule is CCN(CC)S(=O)(=O)c1ccc(OC)c(NC(=O)CNc2ccc(Cl)cc2Cl)c1. The lowest BCUT2D eigenvalue weighted by molar-refractivity contribution is -0.114. The number of hydrogen-bond acceptors (Lipinski definition) is 5. The molecule has 2 rings (SSSR count). The highest BCUT2D eigenvalue weighted by molar-refractivity contribution is 7.89. The topological polar surface area (TPSA) is 87.7 Å². The van der Waals surface area contributed by atoms with Gasteiger partial charge in [0, 0.05) is 18.1 Å². The molecular weight excluding hydrogens is 437 g/mol. The van der Waals surface area contributed by atoms with Crippen LogP contribution in [0.25, 0.3) is 0 Å². The molecule has 0 saturated carbocycles. The van der Waals surface area contributed by atoms with Gasteiger partial charge in [-0.05, 0) is 36.4 Å². The molecule has 2 aromatic rings. The van der Waals surface area contributed by atoms with Crippen molar-refractivity contribution in [3.8, 4) is 5.75 Å². The summed E-state index contributed by atoms with van der Waals surface area (Å²) in [6.07, 6.45) is 0. The minimum Gasteiger partial charge on any atom is -0.495 e. The molecule has 0 fully saturated rings. The number of carbonyl (C=O) groups excluding carboxylic acids is 1. The van der Waals surface area contributed by atoms with Gasteiger partial charge in [-0.2, -0.15) is 4.31 Å². The predicted molar refractivity (Wildman–Crippen MR) is 117 cm³/mol. The summed E-state index contributed by atoms with van der Waals surface area (Å²) in [6, 6.07) is 9.23. The minimum atomic E-state index is -3.67. The van der Waals surface area contributed by atoms with E-state index in [1.54, 1.807) is 32.0 Å². The first-order valence-corrected chi connectivity index (χ1v) is 11.1. The molecule has 0 atom stereocenters. The van der Waals surface area contributed by atoms with Gasteiger partial charge in [0.2, 0.25) is 15.9 Å². The van der Waals surface area contributed by atoms with E-state index in [-0.39, 0.29) is 17.1 Å². The fourth-order valence-corrected chi connectivity index (χ4v) is 4.62. The summed E-state index contributed by atoms with van der Waals surface area (Å²) in [6.45, 7) is 4.13. The zero-order valence-corrected chi connectivity index (χ0v) is 18.7. The van der Waals surface area contributed by atoms with E-state index in [1.807, 2.05) is 0 Å². The van der Waals surface area contributed by atoms with Gasteiger partial charge in [-0.25, -0.2) is 8.42 Å². The molecule has 0 saturated heterocycles. The maximum absolute atomic E-state index is 12.7. The van der Waals surface area contributed by atoms with Crippen LogP contribution in [0.15, 0.2) is 41.3 Å². The lowest BCUT2D eigenvalue weighted by Crippen LogP contribution is -2.30. The lowest BCUT2D eigenvalue weighted by Gasteiger charge is -2.19. The van der Waals surface area contributed by atoms with Crippen molar-refractivity contribution in [2.75, 3.05) is 37.4 Å². The predicted octanol–water partition coefficient (Wildman–Crippen LogP) is 4.08. The van der Waals surface area contributed by atoms with Gasteiger partial charge in [0.25, 0.3) is 0 Å². The molecule has 0 aromatic heterocycles. The number of nitrogens with zero attached hydrogens (tertiary/aromatic N) is 1. The van der Waals surface area contributed by atoms with E-state index in [0.717, 1.165) is 0 Å². The summed E-state index contributed by atoms with van der Waals surface area (Å²) >= 11 is 11.9. The van der Waals surface area contributed by atoms with Crippen molar-refractivity contribution in [2.45, 2.75) is 18.7 Å². The van der Waals surface area contributed by atoms with E-state index in [0.29, 0.717) is 34.6 Å². The summed E-state index contributed by atoms with van der Waals surface area (Å²) in [5, 5.41) is 6.45. The van der Waals surface area contributed by atoms with Crippen LogP contribution in [0.1, 0.15) is 13.8 Å². The second-order valence-corrected chi connectivity index (χ2v) is 8.76. The van der Waals surface area contributed by atoms with E-state index in [4.69, 9.17) is 27.9 Å². The number of methoxy groups -OCH3 is 1. The van der Waals surface area contributed by atoms with Crippen LogP contribution in [0.4, 0.5) is 11.4 Å². The maximum Gasteiger partial charge on any atom is 0.243 e. The van der Waals surface area contributed by atoms with Gasteiger partial charge in [0.15, 0.2) is 0 Å². The number of ether oxygens (including phenoxy) is 1. The van der Waals surface area contributed by atoms with Crippen molar-refractivity contribution in [3.63, 3.8) is 0 Å². The standard InChI is InChI=1S/C19H23Cl2N3O4S/c1-4-24(5-2)29(26,27)14-7-9-18(28-3)17(11-14)23-19(25)12-22-16-8-6-13(20)10-15(16)21/h6-11,22H,4-5,12H2,1-3H3,(H,23,25). The van der Waals surface area contributed by atoms with Crippen LogP contribution in [-0.2, 0) is 14.8 Å². The van der Waals surface area contributed by atoms with E-state index in [2.05, 4.69) is 10.6 Å². The third-order valence-corrected chi connectivity index (χ3v) is 6.75. The summed E-state index contributed by atoms with van der Waals surface area (Å²) in [7, 11) is -2.23. The van der Waals surface area contributed by atoms with Gasteiger partial charge in [-0.1, -0.05) is 37.0 Å². The smallest absolute Gasteiger partial charge is 0.243 e. The third kappa shape index (κ3) is 5.76. The lowest BCUT2D eigenvalue weighted by atomic mass is 10.3.